The molecule has 2 heteroatoms. The Balaban J connectivity index is 3.02. The second kappa shape index (κ2) is 10.3. The summed E-state index contributed by atoms with van der Waals surface area (Å²) in [5.74, 6) is -0.0843. The van der Waals surface area contributed by atoms with Crippen LogP contribution in [-0.2, 0) is 9.53 Å². The number of carbonyl (C=O) groups is 1. The SMILES string of the molecule is C/C=C\CCCCCCCC(=O)OC. The number of carbonyl (C=O) groups excluding carboxylic acids is 1. The normalized spacial score (nSPS) is 10.7. The van der Waals surface area contributed by atoms with E-state index in [9.17, 15) is 4.79 Å². The first-order valence-corrected chi connectivity index (χ1v) is 5.49. The van der Waals surface area contributed by atoms with E-state index in [4.69, 9.17) is 0 Å². The number of esters is 1. The van der Waals surface area contributed by atoms with Gasteiger partial charge in [-0.2, -0.15) is 0 Å². The van der Waals surface area contributed by atoms with Gasteiger partial charge >= 0.3 is 5.97 Å². The molecule has 0 aliphatic carbocycles. The zero-order valence-corrected chi connectivity index (χ0v) is 9.42. The van der Waals surface area contributed by atoms with Gasteiger partial charge in [-0.25, -0.2) is 0 Å². The number of hydrogen-bond acceptors (Lipinski definition) is 2. The van der Waals surface area contributed by atoms with Crippen LogP contribution >= 0.6 is 0 Å². The van der Waals surface area contributed by atoms with Crippen molar-refractivity contribution in [3.8, 4) is 0 Å². The summed E-state index contributed by atoms with van der Waals surface area (Å²) in [5.41, 5.74) is 0. The molecule has 0 saturated carbocycles. The number of hydrogen-bond donors (Lipinski definition) is 0. The van der Waals surface area contributed by atoms with Crippen LogP contribution in [0.3, 0.4) is 0 Å². The van der Waals surface area contributed by atoms with Gasteiger partial charge in [-0.15, -0.1) is 0 Å². The first-order chi connectivity index (χ1) is 6.81. The third kappa shape index (κ3) is 9.30. The van der Waals surface area contributed by atoms with E-state index in [0.717, 1.165) is 12.8 Å². The Labute approximate surface area is 87.3 Å². The molecule has 0 unspecified atom stereocenters. The maximum Gasteiger partial charge on any atom is 0.305 e. The quantitative estimate of drug-likeness (QED) is 0.339. The maximum absolute atomic E-state index is 10.8. The zero-order chi connectivity index (χ0) is 10.6. The fourth-order valence-corrected chi connectivity index (χ4v) is 1.33. The van der Waals surface area contributed by atoms with Gasteiger partial charge in [0.2, 0.25) is 0 Å². The summed E-state index contributed by atoms with van der Waals surface area (Å²) in [4.78, 5) is 10.8. The fourth-order valence-electron chi connectivity index (χ4n) is 1.33. The van der Waals surface area contributed by atoms with Crippen molar-refractivity contribution >= 4 is 5.97 Å². The van der Waals surface area contributed by atoms with Gasteiger partial charge in [-0.1, -0.05) is 31.4 Å². The van der Waals surface area contributed by atoms with E-state index in [2.05, 4.69) is 23.8 Å². The van der Waals surface area contributed by atoms with E-state index >= 15 is 0 Å². The van der Waals surface area contributed by atoms with Crippen LogP contribution in [0.4, 0.5) is 0 Å². The van der Waals surface area contributed by atoms with E-state index in [1.807, 2.05) is 0 Å². The minimum Gasteiger partial charge on any atom is -0.469 e. The molecule has 0 aromatic rings. The van der Waals surface area contributed by atoms with Crippen LogP contribution in [0.2, 0.25) is 0 Å². The molecule has 0 fully saturated rings. The van der Waals surface area contributed by atoms with Gasteiger partial charge in [-0.3, -0.25) is 4.79 Å². The second-order valence-corrected chi connectivity index (χ2v) is 3.45. The van der Waals surface area contributed by atoms with Gasteiger partial charge in [0.05, 0.1) is 7.11 Å². The first-order valence-electron chi connectivity index (χ1n) is 5.49. The summed E-state index contributed by atoms with van der Waals surface area (Å²) in [6, 6.07) is 0. The van der Waals surface area contributed by atoms with Crippen molar-refractivity contribution in [2.24, 2.45) is 0 Å². The molecule has 0 N–H and O–H groups in total. The van der Waals surface area contributed by atoms with E-state index in [1.54, 1.807) is 0 Å². The van der Waals surface area contributed by atoms with E-state index in [0.29, 0.717) is 6.42 Å². The number of rotatable bonds is 8. The van der Waals surface area contributed by atoms with E-state index in [1.165, 1.54) is 32.8 Å². The number of unbranched alkanes of at least 4 members (excludes halogenated alkanes) is 5. The minimum absolute atomic E-state index is 0.0843. The van der Waals surface area contributed by atoms with Crippen LogP contribution in [0.15, 0.2) is 12.2 Å². The van der Waals surface area contributed by atoms with Crippen LogP contribution < -0.4 is 0 Å². The summed E-state index contributed by atoms with van der Waals surface area (Å²) in [7, 11) is 1.44. The largest absolute Gasteiger partial charge is 0.469 e. The van der Waals surface area contributed by atoms with Crippen LogP contribution in [0.1, 0.15) is 51.9 Å². The molecule has 0 radical (unpaired) electrons. The lowest BCUT2D eigenvalue weighted by molar-refractivity contribution is -0.140. The van der Waals surface area contributed by atoms with Crippen molar-refractivity contribution in [3.63, 3.8) is 0 Å². The molecule has 0 amide bonds. The maximum atomic E-state index is 10.8. The predicted octanol–water partition coefficient (Wildman–Crippen LogP) is 3.47. The molecule has 0 bridgehead atoms. The molecule has 0 aliphatic rings. The first kappa shape index (κ1) is 13.2. The summed E-state index contributed by atoms with van der Waals surface area (Å²) in [5, 5.41) is 0. The van der Waals surface area contributed by atoms with Crippen LogP contribution in [0.25, 0.3) is 0 Å². The smallest absolute Gasteiger partial charge is 0.305 e. The Kier molecular flexibility index (Phi) is 9.71. The van der Waals surface area contributed by atoms with Crippen molar-refractivity contribution in [2.45, 2.75) is 51.9 Å². The lowest BCUT2D eigenvalue weighted by Crippen LogP contribution is -1.98. The Morgan fingerprint density at radius 3 is 2.43 bits per heavy atom. The average molecular weight is 198 g/mol. The molecular weight excluding hydrogens is 176 g/mol. The zero-order valence-electron chi connectivity index (χ0n) is 9.42. The lowest BCUT2D eigenvalue weighted by atomic mass is 10.1. The molecular formula is C12H22O2. The van der Waals surface area contributed by atoms with Crippen molar-refractivity contribution in [3.05, 3.63) is 12.2 Å². The Hall–Kier alpha value is -0.790. The van der Waals surface area contributed by atoms with Crippen molar-refractivity contribution in [1.82, 2.24) is 0 Å². The molecule has 0 aromatic heterocycles. The third-order valence-electron chi connectivity index (χ3n) is 2.22. The van der Waals surface area contributed by atoms with Gasteiger partial charge in [0.25, 0.3) is 0 Å². The van der Waals surface area contributed by atoms with Gasteiger partial charge in [0.15, 0.2) is 0 Å². The Bertz CT molecular complexity index is 162. The highest BCUT2D eigenvalue weighted by atomic mass is 16.5. The molecule has 82 valence electrons. The molecule has 0 atom stereocenters. The summed E-state index contributed by atoms with van der Waals surface area (Å²) >= 11 is 0. The second-order valence-electron chi connectivity index (χ2n) is 3.45. The van der Waals surface area contributed by atoms with Gasteiger partial charge < -0.3 is 4.74 Å². The monoisotopic (exact) mass is 198 g/mol. The minimum atomic E-state index is -0.0843. The van der Waals surface area contributed by atoms with Crippen molar-refractivity contribution < 1.29 is 9.53 Å². The molecule has 0 aliphatic heterocycles. The average Bonchev–Trinajstić information content (AvgIpc) is 2.21. The molecule has 0 spiro atoms. The summed E-state index contributed by atoms with van der Waals surface area (Å²) in [6.07, 6.45) is 11.9. The number of methoxy groups -OCH3 is 1. The molecule has 14 heavy (non-hydrogen) atoms. The number of ether oxygens (including phenoxy) is 1. The van der Waals surface area contributed by atoms with Crippen molar-refractivity contribution in [1.29, 1.82) is 0 Å². The molecule has 0 aromatic carbocycles. The lowest BCUT2D eigenvalue weighted by Gasteiger charge is -1.99. The highest BCUT2D eigenvalue weighted by molar-refractivity contribution is 5.68. The Morgan fingerprint density at radius 2 is 1.79 bits per heavy atom. The van der Waals surface area contributed by atoms with Crippen LogP contribution in [-0.4, -0.2) is 13.1 Å². The molecule has 2 nitrogen and oxygen atoms in total. The number of allylic oxidation sites excluding steroid dienone is 2. The standard InChI is InChI=1S/C12H22O2/c1-3-4-5-6-7-8-9-10-11-12(13)14-2/h3-4H,5-11H2,1-2H3/b4-3-. The Morgan fingerprint density at radius 1 is 1.14 bits per heavy atom. The summed E-state index contributed by atoms with van der Waals surface area (Å²) < 4.78 is 4.56. The molecule has 0 saturated heterocycles. The van der Waals surface area contributed by atoms with Crippen LogP contribution in [0, 0.1) is 0 Å². The highest BCUT2D eigenvalue weighted by Crippen LogP contribution is 2.07. The molecule has 0 rings (SSSR count). The van der Waals surface area contributed by atoms with Crippen LogP contribution in [0.5, 0.6) is 0 Å². The highest BCUT2D eigenvalue weighted by Gasteiger charge is 1.98. The van der Waals surface area contributed by atoms with Crippen molar-refractivity contribution in [2.75, 3.05) is 7.11 Å². The summed E-state index contributed by atoms with van der Waals surface area (Å²) in [6.45, 7) is 2.05. The van der Waals surface area contributed by atoms with E-state index < -0.39 is 0 Å². The molecule has 0 heterocycles. The van der Waals surface area contributed by atoms with Gasteiger partial charge in [0.1, 0.15) is 0 Å². The van der Waals surface area contributed by atoms with E-state index in [-0.39, 0.29) is 5.97 Å². The topological polar surface area (TPSA) is 26.3 Å². The predicted molar refractivity (Wildman–Crippen MR) is 59.1 cm³/mol. The fraction of sp³-hybridized carbons (Fsp3) is 0.750. The van der Waals surface area contributed by atoms with Gasteiger partial charge in [0, 0.05) is 6.42 Å². The van der Waals surface area contributed by atoms with Gasteiger partial charge in [-0.05, 0) is 26.2 Å². The third-order valence-corrected chi connectivity index (χ3v) is 2.22.